The Morgan fingerprint density at radius 3 is 2.06 bits per heavy atom. The van der Waals surface area contributed by atoms with E-state index in [1.807, 2.05) is 0 Å². The highest BCUT2D eigenvalue weighted by Crippen LogP contribution is 2.46. The Bertz CT molecular complexity index is 358. The third-order valence-electron chi connectivity index (χ3n) is 4.77. The van der Waals surface area contributed by atoms with Crippen LogP contribution in [0.2, 0.25) is 0 Å². The van der Waals surface area contributed by atoms with Gasteiger partial charge in [0.25, 0.3) is 0 Å². The fourth-order valence-electron chi connectivity index (χ4n) is 3.62. The highest BCUT2D eigenvalue weighted by Gasteiger charge is 2.46. The van der Waals surface area contributed by atoms with Crippen LogP contribution in [0.1, 0.15) is 51.4 Å². The van der Waals surface area contributed by atoms with Gasteiger partial charge in [0.05, 0.1) is 0 Å². The van der Waals surface area contributed by atoms with Crippen molar-refractivity contribution in [1.29, 1.82) is 0 Å². The SMILES string of the molecule is O=C(C1CC1)N1C2CCC1CC(=C1CC1)C2. The van der Waals surface area contributed by atoms with Gasteiger partial charge in [-0.25, -0.2) is 0 Å². The zero-order valence-corrected chi connectivity index (χ0v) is 9.74. The van der Waals surface area contributed by atoms with Crippen LogP contribution >= 0.6 is 0 Å². The van der Waals surface area contributed by atoms with Crippen LogP contribution in [0.4, 0.5) is 0 Å². The number of carbonyl (C=O) groups excluding carboxylic acids is 1. The second kappa shape index (κ2) is 3.12. The Labute approximate surface area is 96.7 Å². The van der Waals surface area contributed by atoms with Gasteiger partial charge in [-0.3, -0.25) is 4.79 Å². The number of piperidine rings is 1. The molecule has 2 heteroatoms. The molecule has 4 rings (SSSR count). The van der Waals surface area contributed by atoms with E-state index in [0.29, 0.717) is 23.9 Å². The molecule has 0 radical (unpaired) electrons. The number of carbonyl (C=O) groups is 1. The summed E-state index contributed by atoms with van der Waals surface area (Å²) < 4.78 is 0. The number of amides is 1. The van der Waals surface area contributed by atoms with Gasteiger partial charge in [0.1, 0.15) is 0 Å². The molecular formula is C14H19NO. The van der Waals surface area contributed by atoms with Crippen molar-refractivity contribution in [3.05, 3.63) is 11.1 Å². The molecule has 2 unspecified atom stereocenters. The Hall–Kier alpha value is -0.790. The maximum absolute atomic E-state index is 12.2. The molecule has 0 spiro atoms. The quantitative estimate of drug-likeness (QED) is 0.618. The topological polar surface area (TPSA) is 20.3 Å². The van der Waals surface area contributed by atoms with Gasteiger partial charge in [-0.1, -0.05) is 11.1 Å². The first kappa shape index (κ1) is 9.26. The van der Waals surface area contributed by atoms with E-state index in [9.17, 15) is 4.79 Å². The highest BCUT2D eigenvalue weighted by molar-refractivity contribution is 5.82. The molecular weight excluding hydrogens is 198 g/mol. The molecule has 4 fully saturated rings. The first-order valence-corrected chi connectivity index (χ1v) is 6.85. The average Bonchev–Trinajstić information content (AvgIpc) is 3.18. The van der Waals surface area contributed by atoms with Crippen LogP contribution < -0.4 is 0 Å². The second-order valence-electron chi connectivity index (χ2n) is 6.02. The summed E-state index contributed by atoms with van der Waals surface area (Å²) in [5.41, 5.74) is 3.46. The smallest absolute Gasteiger partial charge is 0.226 e. The summed E-state index contributed by atoms with van der Waals surface area (Å²) in [6.45, 7) is 0. The van der Waals surface area contributed by atoms with Gasteiger partial charge in [0.15, 0.2) is 0 Å². The van der Waals surface area contributed by atoms with E-state index in [1.165, 1.54) is 38.5 Å². The maximum atomic E-state index is 12.2. The lowest BCUT2D eigenvalue weighted by Gasteiger charge is -2.36. The van der Waals surface area contributed by atoms with Gasteiger partial charge >= 0.3 is 0 Å². The summed E-state index contributed by atoms with van der Waals surface area (Å²) >= 11 is 0. The molecule has 2 saturated carbocycles. The minimum atomic E-state index is 0.415. The average molecular weight is 217 g/mol. The summed E-state index contributed by atoms with van der Waals surface area (Å²) in [5.74, 6) is 0.908. The molecule has 4 aliphatic rings. The molecule has 1 amide bonds. The maximum Gasteiger partial charge on any atom is 0.226 e. The van der Waals surface area contributed by atoms with Crippen molar-refractivity contribution in [2.24, 2.45) is 5.92 Å². The van der Waals surface area contributed by atoms with E-state index in [4.69, 9.17) is 0 Å². The fourth-order valence-corrected chi connectivity index (χ4v) is 3.62. The lowest BCUT2D eigenvalue weighted by Crippen LogP contribution is -2.45. The molecule has 2 nitrogen and oxygen atoms in total. The summed E-state index contributed by atoms with van der Waals surface area (Å²) in [4.78, 5) is 14.5. The predicted octanol–water partition coefficient (Wildman–Crippen LogP) is 2.64. The predicted molar refractivity (Wildman–Crippen MR) is 61.9 cm³/mol. The van der Waals surface area contributed by atoms with Crippen molar-refractivity contribution in [3.8, 4) is 0 Å². The number of rotatable bonds is 1. The van der Waals surface area contributed by atoms with E-state index in [1.54, 1.807) is 11.1 Å². The van der Waals surface area contributed by atoms with Crippen LogP contribution in [0.15, 0.2) is 11.1 Å². The first-order valence-electron chi connectivity index (χ1n) is 6.85. The number of nitrogens with zero attached hydrogens (tertiary/aromatic N) is 1. The minimum Gasteiger partial charge on any atom is -0.336 e. The van der Waals surface area contributed by atoms with Gasteiger partial charge in [0, 0.05) is 18.0 Å². The zero-order valence-electron chi connectivity index (χ0n) is 9.74. The summed E-state index contributed by atoms with van der Waals surface area (Å²) in [6.07, 6.45) is 9.97. The molecule has 16 heavy (non-hydrogen) atoms. The Morgan fingerprint density at radius 1 is 0.938 bits per heavy atom. The highest BCUT2D eigenvalue weighted by atomic mass is 16.2. The molecule has 2 heterocycles. The molecule has 0 aromatic rings. The third-order valence-corrected chi connectivity index (χ3v) is 4.77. The number of hydrogen-bond donors (Lipinski definition) is 0. The van der Waals surface area contributed by atoms with Crippen molar-refractivity contribution in [2.45, 2.75) is 63.5 Å². The summed E-state index contributed by atoms with van der Waals surface area (Å²) in [6, 6.07) is 1.16. The number of allylic oxidation sites excluding steroid dienone is 1. The van der Waals surface area contributed by atoms with Gasteiger partial charge < -0.3 is 4.90 Å². The molecule has 2 saturated heterocycles. The molecule has 0 aromatic heterocycles. The second-order valence-corrected chi connectivity index (χ2v) is 6.02. The van der Waals surface area contributed by atoms with Crippen molar-refractivity contribution in [2.75, 3.05) is 0 Å². The van der Waals surface area contributed by atoms with E-state index in [0.717, 1.165) is 12.8 Å². The summed E-state index contributed by atoms with van der Waals surface area (Å²) in [7, 11) is 0. The lowest BCUT2D eigenvalue weighted by molar-refractivity contribution is -0.136. The van der Waals surface area contributed by atoms with Gasteiger partial charge in [-0.15, -0.1) is 0 Å². The molecule has 0 N–H and O–H groups in total. The molecule has 86 valence electrons. The standard InChI is InChI=1S/C14H19NO/c16-14(10-3-4-10)15-12-5-6-13(15)8-11(7-12)9-1-2-9/h10,12-13H,1-8H2. The Morgan fingerprint density at radius 2 is 1.56 bits per heavy atom. The van der Waals surface area contributed by atoms with Crippen LogP contribution in [0.5, 0.6) is 0 Å². The van der Waals surface area contributed by atoms with E-state index in [-0.39, 0.29) is 0 Å². The molecule has 2 aliphatic heterocycles. The molecule has 2 aliphatic carbocycles. The molecule has 2 atom stereocenters. The fraction of sp³-hybridized carbons (Fsp3) is 0.786. The first-order chi connectivity index (χ1) is 7.83. The van der Waals surface area contributed by atoms with Crippen LogP contribution in [0.3, 0.4) is 0 Å². The molecule has 0 aromatic carbocycles. The van der Waals surface area contributed by atoms with Crippen molar-refractivity contribution in [1.82, 2.24) is 4.90 Å². The van der Waals surface area contributed by atoms with Crippen LogP contribution in [-0.4, -0.2) is 22.9 Å². The normalized spacial score (nSPS) is 36.9. The van der Waals surface area contributed by atoms with Crippen molar-refractivity contribution < 1.29 is 4.79 Å². The van der Waals surface area contributed by atoms with Gasteiger partial charge in [-0.2, -0.15) is 0 Å². The van der Waals surface area contributed by atoms with E-state index < -0.39 is 0 Å². The monoisotopic (exact) mass is 217 g/mol. The minimum absolute atomic E-state index is 0.415. The van der Waals surface area contributed by atoms with Gasteiger partial charge in [-0.05, 0) is 51.4 Å². The van der Waals surface area contributed by atoms with Crippen LogP contribution in [0.25, 0.3) is 0 Å². The van der Waals surface area contributed by atoms with Gasteiger partial charge in [0.2, 0.25) is 5.91 Å². The van der Waals surface area contributed by atoms with Crippen LogP contribution in [0, 0.1) is 5.92 Å². The lowest BCUT2D eigenvalue weighted by atomic mass is 9.95. The Kier molecular flexibility index (Phi) is 1.80. The van der Waals surface area contributed by atoms with Crippen LogP contribution in [-0.2, 0) is 4.79 Å². The van der Waals surface area contributed by atoms with E-state index in [2.05, 4.69) is 4.90 Å². The largest absolute Gasteiger partial charge is 0.336 e. The number of fused-ring (bicyclic) bond motifs is 2. The van der Waals surface area contributed by atoms with E-state index >= 15 is 0 Å². The van der Waals surface area contributed by atoms with Crippen molar-refractivity contribution >= 4 is 5.91 Å². The van der Waals surface area contributed by atoms with Crippen molar-refractivity contribution in [3.63, 3.8) is 0 Å². The summed E-state index contributed by atoms with van der Waals surface area (Å²) in [5, 5.41) is 0. The zero-order chi connectivity index (χ0) is 10.7. The third kappa shape index (κ3) is 1.35. The molecule has 2 bridgehead atoms. The Balaban J connectivity index is 1.58. The number of hydrogen-bond acceptors (Lipinski definition) is 1.